The molecule has 2 amide bonds. The summed E-state index contributed by atoms with van der Waals surface area (Å²) in [4.78, 5) is 31.2. The molecule has 4 rings (SSSR count). The summed E-state index contributed by atoms with van der Waals surface area (Å²) in [6.45, 7) is 2.60. The fourth-order valence-electron chi connectivity index (χ4n) is 3.63. The van der Waals surface area contributed by atoms with Crippen molar-refractivity contribution in [2.24, 2.45) is 0 Å². The van der Waals surface area contributed by atoms with E-state index in [-0.39, 0.29) is 17.6 Å². The van der Waals surface area contributed by atoms with E-state index in [0.29, 0.717) is 17.8 Å². The van der Waals surface area contributed by atoms with Crippen LogP contribution in [0, 0.1) is 18.4 Å². The minimum Gasteiger partial charge on any atom is -0.330 e. The summed E-state index contributed by atoms with van der Waals surface area (Å²) in [5.41, 5.74) is 3.22. The van der Waals surface area contributed by atoms with E-state index in [0.717, 1.165) is 24.1 Å². The highest BCUT2D eigenvalue weighted by Crippen LogP contribution is 2.39. The number of aryl methyl sites for hydroxylation is 1. The highest BCUT2D eigenvalue weighted by molar-refractivity contribution is 6.00. The van der Waals surface area contributed by atoms with Crippen molar-refractivity contribution in [3.63, 3.8) is 0 Å². The summed E-state index contributed by atoms with van der Waals surface area (Å²) >= 11 is 0. The minimum atomic E-state index is -0.541. The Morgan fingerprint density at radius 1 is 1.46 bits per heavy atom. The highest BCUT2D eigenvalue weighted by atomic mass is 16.2. The summed E-state index contributed by atoms with van der Waals surface area (Å²) < 4.78 is 1.81. The van der Waals surface area contributed by atoms with Gasteiger partial charge in [0.2, 0.25) is 0 Å². The second kappa shape index (κ2) is 5.20. The number of carbonyl (C=O) groups is 2. The Morgan fingerprint density at radius 2 is 2.29 bits per heavy atom. The van der Waals surface area contributed by atoms with Crippen molar-refractivity contribution in [2.75, 3.05) is 6.54 Å². The molecule has 7 nitrogen and oxygen atoms in total. The van der Waals surface area contributed by atoms with E-state index in [9.17, 15) is 9.59 Å². The van der Waals surface area contributed by atoms with Gasteiger partial charge in [-0.2, -0.15) is 5.26 Å². The van der Waals surface area contributed by atoms with Crippen molar-refractivity contribution < 1.29 is 9.59 Å². The number of aromatic nitrogens is 2. The zero-order valence-electron chi connectivity index (χ0n) is 13.1. The summed E-state index contributed by atoms with van der Waals surface area (Å²) in [5, 5.41) is 10.9. The molecule has 120 valence electrons. The third-order valence-electron chi connectivity index (χ3n) is 4.66. The maximum absolute atomic E-state index is 13.0. The molecule has 3 heterocycles. The predicted octanol–water partition coefficient (Wildman–Crippen LogP) is 1.68. The molecule has 2 aromatic rings. The van der Waals surface area contributed by atoms with Gasteiger partial charge in [-0.1, -0.05) is 11.6 Å². The lowest BCUT2D eigenvalue weighted by Gasteiger charge is -2.22. The third kappa shape index (κ3) is 1.93. The van der Waals surface area contributed by atoms with E-state index < -0.39 is 5.91 Å². The van der Waals surface area contributed by atoms with E-state index in [1.807, 2.05) is 34.6 Å². The smallest absolute Gasteiger partial charge is 0.284 e. The van der Waals surface area contributed by atoms with Crippen LogP contribution < -0.4 is 5.32 Å². The van der Waals surface area contributed by atoms with Gasteiger partial charge < -0.3 is 4.90 Å². The number of nitrogens with zero attached hydrogens (tertiary/aromatic N) is 4. The topological polar surface area (TPSA) is 91.0 Å². The molecular formula is C17H15N5O2. The van der Waals surface area contributed by atoms with Gasteiger partial charge in [0.1, 0.15) is 6.33 Å². The normalized spacial score (nSPS) is 18.2. The first kappa shape index (κ1) is 14.5. The molecule has 0 unspecified atom stereocenters. The monoisotopic (exact) mass is 321 g/mol. The standard InChI is InChI=1S/C17H15N5O2/c1-10-4-5-12-11(7-10)17(24)21-6-2-3-13(21)15-14(16(23)19-8-18)20-9-22(12)15/h4-5,7,9,13H,2-3,6H2,1H3,(H,19,23)/t13-/m0/s1. The highest BCUT2D eigenvalue weighted by Gasteiger charge is 2.39. The molecule has 2 aliphatic heterocycles. The number of hydrogen-bond donors (Lipinski definition) is 1. The van der Waals surface area contributed by atoms with Crippen molar-refractivity contribution in [2.45, 2.75) is 25.8 Å². The van der Waals surface area contributed by atoms with Gasteiger partial charge in [-0.3, -0.25) is 19.5 Å². The Labute approximate surface area is 138 Å². The zero-order chi connectivity index (χ0) is 16.8. The molecule has 1 N–H and O–H groups in total. The van der Waals surface area contributed by atoms with E-state index in [1.165, 1.54) is 0 Å². The van der Waals surface area contributed by atoms with Crippen molar-refractivity contribution in [1.82, 2.24) is 19.8 Å². The predicted molar refractivity (Wildman–Crippen MR) is 84.4 cm³/mol. The van der Waals surface area contributed by atoms with E-state index in [1.54, 1.807) is 12.5 Å². The Balaban J connectivity index is 1.98. The molecule has 0 spiro atoms. The van der Waals surface area contributed by atoms with Gasteiger partial charge in [0.05, 0.1) is 23.0 Å². The lowest BCUT2D eigenvalue weighted by atomic mass is 10.1. The van der Waals surface area contributed by atoms with Crippen LogP contribution in [-0.2, 0) is 0 Å². The fraction of sp³-hybridized carbons (Fsp3) is 0.294. The molecule has 7 heteroatoms. The van der Waals surface area contributed by atoms with Crippen LogP contribution in [0.25, 0.3) is 5.69 Å². The van der Waals surface area contributed by atoms with Gasteiger partial charge >= 0.3 is 0 Å². The molecule has 1 saturated heterocycles. The average molecular weight is 321 g/mol. The lowest BCUT2D eigenvalue weighted by Crippen LogP contribution is -2.31. The first-order chi connectivity index (χ1) is 11.6. The zero-order valence-corrected chi connectivity index (χ0v) is 13.1. The molecule has 2 aliphatic rings. The summed E-state index contributed by atoms with van der Waals surface area (Å²) in [6, 6.07) is 5.48. The number of amides is 2. The molecule has 1 atom stereocenters. The Kier molecular flexibility index (Phi) is 3.13. The van der Waals surface area contributed by atoms with Crippen molar-refractivity contribution in [3.05, 3.63) is 47.0 Å². The lowest BCUT2D eigenvalue weighted by molar-refractivity contribution is 0.0735. The summed E-state index contributed by atoms with van der Waals surface area (Å²) in [7, 11) is 0. The molecule has 0 bridgehead atoms. The molecule has 1 fully saturated rings. The summed E-state index contributed by atoms with van der Waals surface area (Å²) in [5.74, 6) is -0.562. The van der Waals surface area contributed by atoms with Gasteiger partial charge in [0, 0.05) is 6.54 Å². The Morgan fingerprint density at radius 3 is 3.08 bits per heavy atom. The number of imidazole rings is 1. The maximum Gasteiger partial charge on any atom is 0.284 e. The second-order valence-corrected chi connectivity index (χ2v) is 6.09. The number of hydrogen-bond acceptors (Lipinski definition) is 4. The number of benzene rings is 1. The van der Waals surface area contributed by atoms with Crippen LogP contribution in [0.5, 0.6) is 0 Å². The number of nitriles is 1. The van der Waals surface area contributed by atoms with Gasteiger partial charge in [0.15, 0.2) is 11.9 Å². The molecule has 1 aromatic carbocycles. The van der Waals surface area contributed by atoms with Crippen molar-refractivity contribution in [1.29, 1.82) is 5.26 Å². The Bertz CT molecular complexity index is 908. The maximum atomic E-state index is 13.0. The largest absolute Gasteiger partial charge is 0.330 e. The number of nitrogens with one attached hydrogen (secondary N) is 1. The first-order valence-electron chi connectivity index (χ1n) is 7.80. The fourth-order valence-corrected chi connectivity index (χ4v) is 3.63. The Hall–Kier alpha value is -3.14. The van der Waals surface area contributed by atoms with Crippen LogP contribution >= 0.6 is 0 Å². The third-order valence-corrected chi connectivity index (χ3v) is 4.66. The molecular weight excluding hydrogens is 306 g/mol. The SMILES string of the molecule is Cc1ccc2c(c1)C(=O)N1CCC[C@H]1c1c(C(=O)NC#N)ncn1-2. The average Bonchev–Trinajstić information content (AvgIpc) is 3.18. The molecule has 1 aromatic heterocycles. The van der Waals surface area contributed by atoms with Crippen LogP contribution in [0.4, 0.5) is 0 Å². The van der Waals surface area contributed by atoms with Crippen molar-refractivity contribution >= 4 is 11.8 Å². The van der Waals surface area contributed by atoms with Crippen LogP contribution in [0.3, 0.4) is 0 Å². The van der Waals surface area contributed by atoms with Gasteiger partial charge in [-0.15, -0.1) is 0 Å². The van der Waals surface area contributed by atoms with E-state index in [4.69, 9.17) is 5.26 Å². The number of rotatable bonds is 1. The van der Waals surface area contributed by atoms with Crippen LogP contribution in [-0.4, -0.2) is 32.8 Å². The molecule has 0 aliphatic carbocycles. The van der Waals surface area contributed by atoms with Crippen LogP contribution in [0.15, 0.2) is 24.5 Å². The van der Waals surface area contributed by atoms with Gasteiger partial charge in [0.25, 0.3) is 11.8 Å². The minimum absolute atomic E-state index is 0.0217. The number of carbonyl (C=O) groups excluding carboxylic acids is 2. The van der Waals surface area contributed by atoms with Crippen molar-refractivity contribution in [3.8, 4) is 11.9 Å². The first-order valence-corrected chi connectivity index (χ1v) is 7.80. The summed E-state index contributed by atoms with van der Waals surface area (Å²) in [6.07, 6.45) is 4.86. The number of fused-ring (bicyclic) bond motifs is 5. The van der Waals surface area contributed by atoms with E-state index >= 15 is 0 Å². The quantitative estimate of drug-likeness (QED) is 0.639. The van der Waals surface area contributed by atoms with Gasteiger partial charge in [-0.25, -0.2) is 4.98 Å². The van der Waals surface area contributed by atoms with Gasteiger partial charge in [-0.05, 0) is 31.9 Å². The van der Waals surface area contributed by atoms with Crippen LogP contribution in [0.1, 0.15) is 51.0 Å². The molecule has 0 radical (unpaired) electrons. The molecule has 24 heavy (non-hydrogen) atoms. The van der Waals surface area contributed by atoms with E-state index in [2.05, 4.69) is 10.3 Å². The van der Waals surface area contributed by atoms with Crippen LogP contribution in [0.2, 0.25) is 0 Å². The second-order valence-electron chi connectivity index (χ2n) is 6.09. The molecule has 0 saturated carbocycles.